The van der Waals surface area contributed by atoms with Crippen LogP contribution >= 0.6 is 15.9 Å². The minimum Gasteiger partial charge on any atom is -0.322 e. The first-order valence-corrected chi connectivity index (χ1v) is 5.21. The predicted molar refractivity (Wildman–Crippen MR) is 58.3 cm³/mol. The molecule has 1 aliphatic rings. The van der Waals surface area contributed by atoms with Crippen molar-refractivity contribution in [3.8, 4) is 6.07 Å². The Morgan fingerprint density at radius 3 is 2.62 bits per heavy atom. The van der Waals surface area contributed by atoms with Crippen LogP contribution in [0.2, 0.25) is 0 Å². The van der Waals surface area contributed by atoms with E-state index < -0.39 is 18.0 Å². The molecule has 6 heteroatoms. The van der Waals surface area contributed by atoms with E-state index in [1.165, 1.54) is 0 Å². The van der Waals surface area contributed by atoms with Crippen LogP contribution in [0.4, 0.5) is 4.79 Å². The summed E-state index contributed by atoms with van der Waals surface area (Å²) in [5.41, 5.74) is 1.01. The first kappa shape index (κ1) is 10.6. The van der Waals surface area contributed by atoms with Crippen molar-refractivity contribution in [2.75, 3.05) is 0 Å². The molecule has 1 fully saturated rings. The van der Waals surface area contributed by atoms with Gasteiger partial charge in [-0.1, -0.05) is 15.9 Å². The zero-order valence-electron chi connectivity index (χ0n) is 7.95. The molecule has 1 aromatic rings. The van der Waals surface area contributed by atoms with Crippen LogP contribution in [0.1, 0.15) is 17.2 Å². The van der Waals surface area contributed by atoms with Gasteiger partial charge in [0.1, 0.15) is 6.04 Å². The Morgan fingerprint density at radius 2 is 2.06 bits per heavy atom. The number of imide groups is 1. The van der Waals surface area contributed by atoms with Crippen LogP contribution in [0.25, 0.3) is 0 Å². The van der Waals surface area contributed by atoms with Gasteiger partial charge in [-0.2, -0.15) is 5.26 Å². The second kappa shape index (κ2) is 3.94. The molecule has 3 amide bonds. The largest absolute Gasteiger partial charge is 0.322 e. The molecule has 1 unspecified atom stereocenters. The molecule has 0 spiro atoms. The third-order valence-corrected chi connectivity index (χ3v) is 2.61. The molecule has 1 aliphatic heterocycles. The number of nitriles is 1. The second-order valence-corrected chi connectivity index (χ2v) is 4.20. The van der Waals surface area contributed by atoms with Crippen LogP contribution in [0.5, 0.6) is 0 Å². The fourth-order valence-electron chi connectivity index (χ4n) is 1.50. The van der Waals surface area contributed by atoms with Crippen LogP contribution in [0, 0.1) is 11.3 Å². The number of halogens is 1. The Kier molecular flexibility index (Phi) is 2.62. The number of amides is 3. The molecule has 1 heterocycles. The maximum Gasteiger partial charge on any atom is 0.322 e. The molecule has 0 radical (unpaired) electrons. The first-order chi connectivity index (χ1) is 7.60. The van der Waals surface area contributed by atoms with Crippen LogP contribution in [0.3, 0.4) is 0 Å². The molecule has 1 atom stereocenters. The molecule has 0 aliphatic carbocycles. The molecule has 0 aromatic heterocycles. The highest BCUT2D eigenvalue weighted by Gasteiger charge is 2.31. The Bertz CT molecular complexity index is 521. The second-order valence-electron chi connectivity index (χ2n) is 3.28. The molecular formula is C10H6BrN3O2. The van der Waals surface area contributed by atoms with Gasteiger partial charge in [-0.3, -0.25) is 10.1 Å². The molecule has 5 nitrogen and oxygen atoms in total. The number of rotatable bonds is 1. The lowest BCUT2D eigenvalue weighted by Crippen LogP contribution is -2.22. The van der Waals surface area contributed by atoms with E-state index >= 15 is 0 Å². The Hall–Kier alpha value is -1.87. The highest BCUT2D eigenvalue weighted by atomic mass is 79.9. The van der Waals surface area contributed by atoms with E-state index in [0.29, 0.717) is 15.6 Å². The maximum absolute atomic E-state index is 11.4. The summed E-state index contributed by atoms with van der Waals surface area (Å²) in [5.74, 6) is -0.410. The summed E-state index contributed by atoms with van der Waals surface area (Å²) in [4.78, 5) is 22.4. The van der Waals surface area contributed by atoms with E-state index in [2.05, 4.69) is 26.6 Å². The summed E-state index contributed by atoms with van der Waals surface area (Å²) >= 11 is 3.24. The minimum absolute atomic E-state index is 0.410. The van der Waals surface area contributed by atoms with Crippen molar-refractivity contribution < 1.29 is 9.59 Å². The van der Waals surface area contributed by atoms with Crippen molar-refractivity contribution in [3.05, 3.63) is 33.8 Å². The summed E-state index contributed by atoms with van der Waals surface area (Å²) in [7, 11) is 0. The topological polar surface area (TPSA) is 82.0 Å². The summed E-state index contributed by atoms with van der Waals surface area (Å²) in [5, 5.41) is 13.4. The van der Waals surface area contributed by atoms with Gasteiger partial charge in [0, 0.05) is 4.47 Å². The highest BCUT2D eigenvalue weighted by Crippen LogP contribution is 2.22. The first-order valence-electron chi connectivity index (χ1n) is 4.42. The molecule has 16 heavy (non-hydrogen) atoms. The minimum atomic E-state index is -0.725. The van der Waals surface area contributed by atoms with E-state index in [-0.39, 0.29) is 0 Å². The molecule has 1 aromatic carbocycles. The lowest BCUT2D eigenvalue weighted by atomic mass is 10.0. The lowest BCUT2D eigenvalue weighted by molar-refractivity contribution is -0.120. The third-order valence-electron chi connectivity index (χ3n) is 2.16. The molecule has 80 valence electrons. The van der Waals surface area contributed by atoms with Crippen molar-refractivity contribution in [1.82, 2.24) is 10.6 Å². The summed E-state index contributed by atoms with van der Waals surface area (Å²) in [6, 6.07) is 5.64. The number of carbonyl (C=O) groups is 2. The van der Waals surface area contributed by atoms with Crippen LogP contribution in [-0.4, -0.2) is 11.9 Å². The number of nitrogens with zero attached hydrogens (tertiary/aromatic N) is 1. The van der Waals surface area contributed by atoms with E-state index in [1.54, 1.807) is 18.2 Å². The van der Waals surface area contributed by atoms with Crippen LogP contribution < -0.4 is 10.6 Å². The SMILES string of the molecule is N#Cc1cc(Br)cc(C2NC(=O)NC2=O)c1. The fraction of sp³-hybridized carbons (Fsp3) is 0.100. The number of hydrogen-bond acceptors (Lipinski definition) is 3. The summed E-state index contributed by atoms with van der Waals surface area (Å²) < 4.78 is 0.690. The molecular weight excluding hydrogens is 274 g/mol. The van der Waals surface area contributed by atoms with E-state index in [0.717, 1.165) is 0 Å². The fourth-order valence-corrected chi connectivity index (χ4v) is 2.01. The van der Waals surface area contributed by atoms with Crippen molar-refractivity contribution in [2.45, 2.75) is 6.04 Å². The summed E-state index contributed by atoms with van der Waals surface area (Å²) in [6.45, 7) is 0. The van der Waals surface area contributed by atoms with E-state index in [9.17, 15) is 9.59 Å². The van der Waals surface area contributed by atoms with Gasteiger partial charge < -0.3 is 5.32 Å². The normalized spacial score (nSPS) is 18.9. The molecule has 0 bridgehead atoms. The molecule has 1 saturated heterocycles. The van der Waals surface area contributed by atoms with Gasteiger partial charge in [0.25, 0.3) is 5.91 Å². The van der Waals surface area contributed by atoms with Gasteiger partial charge in [-0.15, -0.1) is 0 Å². The van der Waals surface area contributed by atoms with Gasteiger partial charge in [0.2, 0.25) is 0 Å². The van der Waals surface area contributed by atoms with Gasteiger partial charge in [-0.05, 0) is 23.8 Å². The number of carbonyl (C=O) groups excluding carboxylic acids is 2. The molecule has 0 saturated carbocycles. The van der Waals surface area contributed by atoms with Gasteiger partial charge in [0.15, 0.2) is 0 Å². The molecule has 2 rings (SSSR count). The van der Waals surface area contributed by atoms with Crippen molar-refractivity contribution in [3.63, 3.8) is 0 Å². The third kappa shape index (κ3) is 1.90. The van der Waals surface area contributed by atoms with Gasteiger partial charge >= 0.3 is 6.03 Å². The number of nitrogens with one attached hydrogen (secondary N) is 2. The monoisotopic (exact) mass is 279 g/mol. The Balaban J connectivity index is 2.41. The Morgan fingerprint density at radius 1 is 1.31 bits per heavy atom. The van der Waals surface area contributed by atoms with Crippen molar-refractivity contribution in [1.29, 1.82) is 5.26 Å². The van der Waals surface area contributed by atoms with E-state index in [1.807, 2.05) is 6.07 Å². The highest BCUT2D eigenvalue weighted by molar-refractivity contribution is 9.10. The van der Waals surface area contributed by atoms with Crippen molar-refractivity contribution >= 4 is 27.9 Å². The van der Waals surface area contributed by atoms with Gasteiger partial charge in [-0.25, -0.2) is 4.79 Å². The predicted octanol–water partition coefficient (Wildman–Crippen LogP) is 1.20. The quantitative estimate of drug-likeness (QED) is 0.758. The zero-order valence-corrected chi connectivity index (χ0v) is 9.54. The number of benzene rings is 1. The maximum atomic E-state index is 11.4. The Labute approximate surface area is 99.6 Å². The standard InChI is InChI=1S/C10H6BrN3O2/c11-7-2-5(4-12)1-6(3-7)8-9(15)14-10(16)13-8/h1-3,8H,(H2,13,14,15,16). The number of urea groups is 1. The van der Waals surface area contributed by atoms with Crippen LogP contribution in [-0.2, 0) is 4.79 Å². The van der Waals surface area contributed by atoms with Crippen LogP contribution in [0.15, 0.2) is 22.7 Å². The van der Waals surface area contributed by atoms with Crippen molar-refractivity contribution in [2.24, 2.45) is 0 Å². The average molecular weight is 280 g/mol. The number of hydrogen-bond donors (Lipinski definition) is 2. The average Bonchev–Trinajstić information content (AvgIpc) is 2.57. The smallest absolute Gasteiger partial charge is 0.322 e. The summed E-state index contributed by atoms with van der Waals surface area (Å²) in [6.07, 6.45) is 0. The zero-order chi connectivity index (χ0) is 11.7. The van der Waals surface area contributed by atoms with E-state index in [4.69, 9.17) is 5.26 Å². The molecule has 2 N–H and O–H groups in total. The van der Waals surface area contributed by atoms with Gasteiger partial charge in [0.05, 0.1) is 11.6 Å². The lowest BCUT2D eigenvalue weighted by Gasteiger charge is -2.08.